The van der Waals surface area contributed by atoms with Crippen LogP contribution >= 0.6 is 11.3 Å². The molecular weight excluding hydrogens is 312 g/mol. The van der Waals surface area contributed by atoms with Gasteiger partial charge in [-0.05, 0) is 32.2 Å². The Kier molecular flexibility index (Phi) is 4.44. The lowest BCUT2D eigenvalue weighted by Gasteiger charge is -2.41. The summed E-state index contributed by atoms with van der Waals surface area (Å²) in [7, 11) is -3.73. The van der Waals surface area contributed by atoms with E-state index in [2.05, 4.69) is 25.7 Å². The fourth-order valence-corrected chi connectivity index (χ4v) is 5.05. The van der Waals surface area contributed by atoms with E-state index in [0.717, 1.165) is 11.3 Å². The summed E-state index contributed by atoms with van der Waals surface area (Å²) in [5.74, 6) is -1.20. The molecule has 1 saturated heterocycles. The first-order valence-electron chi connectivity index (χ1n) is 6.70. The smallest absolute Gasteiger partial charge is 0.347 e. The van der Waals surface area contributed by atoms with Crippen molar-refractivity contribution in [3.63, 3.8) is 0 Å². The number of thiophene rings is 1. The molecule has 0 unspecified atom stereocenters. The van der Waals surface area contributed by atoms with Crippen molar-refractivity contribution >= 4 is 27.3 Å². The first kappa shape index (κ1) is 16.4. The van der Waals surface area contributed by atoms with Gasteiger partial charge in [-0.15, -0.1) is 11.3 Å². The molecule has 6 nitrogen and oxygen atoms in total. The molecule has 0 radical (unpaired) electrons. The molecule has 0 aliphatic carbocycles. The van der Waals surface area contributed by atoms with Crippen molar-refractivity contribution in [2.24, 2.45) is 0 Å². The number of hydrogen-bond acceptors (Lipinski definition) is 5. The fraction of sp³-hybridized carbons (Fsp3) is 0.615. The summed E-state index contributed by atoms with van der Waals surface area (Å²) < 4.78 is 26.5. The Balaban J connectivity index is 2.19. The molecule has 8 heteroatoms. The van der Waals surface area contributed by atoms with E-state index in [1.54, 1.807) is 0 Å². The highest BCUT2D eigenvalue weighted by Crippen LogP contribution is 2.27. The van der Waals surface area contributed by atoms with Gasteiger partial charge in [0.1, 0.15) is 9.77 Å². The zero-order valence-corrected chi connectivity index (χ0v) is 14.0. The number of rotatable bonds is 3. The highest BCUT2D eigenvalue weighted by Gasteiger charge is 2.34. The maximum atomic E-state index is 12.6. The van der Waals surface area contributed by atoms with Crippen LogP contribution in [0.4, 0.5) is 0 Å². The molecule has 1 aliphatic rings. The number of nitrogens with zero attached hydrogens (tertiary/aromatic N) is 2. The molecule has 2 rings (SSSR count). The first-order chi connectivity index (χ1) is 9.64. The molecule has 0 bridgehead atoms. The molecule has 0 atom stereocenters. The molecule has 0 aromatic carbocycles. The number of carbonyl (C=O) groups is 1. The van der Waals surface area contributed by atoms with E-state index in [1.165, 1.54) is 15.8 Å². The van der Waals surface area contributed by atoms with E-state index in [1.807, 2.05) is 0 Å². The summed E-state index contributed by atoms with van der Waals surface area (Å²) in [4.78, 5) is 13.1. The number of hydrogen-bond donors (Lipinski definition) is 1. The van der Waals surface area contributed by atoms with E-state index in [4.69, 9.17) is 5.11 Å². The molecule has 1 aromatic rings. The molecule has 1 N–H and O–H groups in total. The van der Waals surface area contributed by atoms with Crippen LogP contribution in [0.1, 0.15) is 30.4 Å². The Labute approximate surface area is 129 Å². The van der Waals surface area contributed by atoms with Crippen molar-refractivity contribution in [1.82, 2.24) is 9.21 Å². The van der Waals surface area contributed by atoms with E-state index in [-0.39, 0.29) is 15.3 Å². The van der Waals surface area contributed by atoms with Crippen LogP contribution in [0.25, 0.3) is 0 Å². The third-order valence-electron chi connectivity index (χ3n) is 3.63. The van der Waals surface area contributed by atoms with Crippen LogP contribution in [0.2, 0.25) is 0 Å². The lowest BCUT2D eigenvalue weighted by atomic mass is 10.1. The van der Waals surface area contributed by atoms with Gasteiger partial charge in [0.15, 0.2) is 0 Å². The Hall–Kier alpha value is -0.960. The minimum absolute atomic E-state index is 0.00442. The zero-order valence-electron chi connectivity index (χ0n) is 12.4. The Morgan fingerprint density at radius 2 is 1.81 bits per heavy atom. The predicted molar refractivity (Wildman–Crippen MR) is 81.4 cm³/mol. The van der Waals surface area contributed by atoms with Crippen LogP contribution in [0, 0.1) is 0 Å². The quantitative estimate of drug-likeness (QED) is 0.909. The number of piperazine rings is 1. The second-order valence-corrected chi connectivity index (χ2v) is 8.80. The summed E-state index contributed by atoms with van der Waals surface area (Å²) in [6.07, 6.45) is 0. The molecule has 21 heavy (non-hydrogen) atoms. The minimum Gasteiger partial charge on any atom is -0.477 e. The summed E-state index contributed by atoms with van der Waals surface area (Å²) in [5, 5.41) is 10.6. The van der Waals surface area contributed by atoms with Gasteiger partial charge in [0.05, 0.1) is 0 Å². The number of sulfonamides is 1. The number of carboxylic acids is 1. The van der Waals surface area contributed by atoms with Gasteiger partial charge in [0.2, 0.25) is 10.0 Å². The van der Waals surface area contributed by atoms with Gasteiger partial charge < -0.3 is 5.11 Å². The van der Waals surface area contributed by atoms with Crippen LogP contribution in [0.3, 0.4) is 0 Å². The summed E-state index contributed by atoms with van der Waals surface area (Å²) in [6.45, 7) is 8.35. The molecule has 0 amide bonds. The molecule has 0 saturated carbocycles. The van der Waals surface area contributed by atoms with Gasteiger partial charge in [-0.3, -0.25) is 4.90 Å². The summed E-state index contributed by atoms with van der Waals surface area (Å²) >= 11 is 0.938. The highest BCUT2D eigenvalue weighted by atomic mass is 32.2. The third kappa shape index (κ3) is 3.28. The normalized spacial score (nSPS) is 18.8. The van der Waals surface area contributed by atoms with E-state index >= 15 is 0 Å². The number of carboxylic acid groups (broad SMARTS) is 1. The van der Waals surface area contributed by atoms with Crippen molar-refractivity contribution < 1.29 is 18.3 Å². The lowest BCUT2D eigenvalue weighted by Crippen LogP contribution is -2.54. The summed E-state index contributed by atoms with van der Waals surface area (Å²) in [6, 6.07) is 1.37. The van der Waals surface area contributed by atoms with Crippen molar-refractivity contribution in [3.8, 4) is 0 Å². The van der Waals surface area contributed by atoms with Crippen LogP contribution < -0.4 is 0 Å². The average Bonchev–Trinajstić information content (AvgIpc) is 2.88. The van der Waals surface area contributed by atoms with Crippen molar-refractivity contribution in [2.75, 3.05) is 26.2 Å². The van der Waals surface area contributed by atoms with Crippen LogP contribution in [0.5, 0.6) is 0 Å². The maximum absolute atomic E-state index is 12.6. The van der Waals surface area contributed by atoms with Gasteiger partial charge in [-0.25, -0.2) is 13.2 Å². The predicted octanol–water partition coefficient (Wildman–Crippen LogP) is 1.55. The zero-order chi connectivity index (χ0) is 15.8. The molecular formula is C13H20N2O4S2. The summed E-state index contributed by atoms with van der Waals surface area (Å²) in [5.41, 5.74) is 0.00442. The Bertz CT molecular complexity index is 623. The van der Waals surface area contributed by atoms with Gasteiger partial charge in [0, 0.05) is 31.7 Å². The minimum atomic E-state index is -3.73. The average molecular weight is 332 g/mol. The van der Waals surface area contributed by atoms with E-state index < -0.39 is 16.0 Å². The van der Waals surface area contributed by atoms with Gasteiger partial charge in [-0.1, -0.05) is 0 Å². The van der Waals surface area contributed by atoms with Gasteiger partial charge in [0.25, 0.3) is 0 Å². The van der Waals surface area contributed by atoms with Crippen LogP contribution in [-0.2, 0) is 10.0 Å². The number of aromatic carboxylic acids is 1. The van der Waals surface area contributed by atoms with E-state index in [0.29, 0.717) is 26.2 Å². The second kappa shape index (κ2) is 5.68. The van der Waals surface area contributed by atoms with Crippen molar-refractivity contribution in [3.05, 3.63) is 16.3 Å². The molecule has 1 fully saturated rings. The maximum Gasteiger partial charge on any atom is 0.347 e. The topological polar surface area (TPSA) is 77.9 Å². The standard InChI is InChI=1S/C13H20N2O4S2/c1-13(2,3)14-5-7-15(8-6-14)21(18,19)10-4-9-20-11(10)12(16)17/h4,9H,5-8H2,1-3H3,(H,16,17). The third-order valence-corrected chi connectivity index (χ3v) is 6.60. The highest BCUT2D eigenvalue weighted by molar-refractivity contribution is 7.89. The monoisotopic (exact) mass is 332 g/mol. The Morgan fingerprint density at radius 1 is 1.24 bits per heavy atom. The molecule has 1 aromatic heterocycles. The molecule has 2 heterocycles. The SMILES string of the molecule is CC(C)(C)N1CCN(S(=O)(=O)c2ccsc2C(=O)O)CC1. The second-order valence-electron chi connectivity index (χ2n) is 5.98. The van der Waals surface area contributed by atoms with Crippen molar-refractivity contribution in [1.29, 1.82) is 0 Å². The molecule has 1 aliphatic heterocycles. The van der Waals surface area contributed by atoms with E-state index in [9.17, 15) is 13.2 Å². The first-order valence-corrected chi connectivity index (χ1v) is 9.02. The van der Waals surface area contributed by atoms with Gasteiger partial charge >= 0.3 is 5.97 Å². The lowest BCUT2D eigenvalue weighted by molar-refractivity contribution is 0.0698. The molecule has 118 valence electrons. The fourth-order valence-electron chi connectivity index (χ4n) is 2.39. The molecule has 0 spiro atoms. The van der Waals surface area contributed by atoms with Crippen molar-refractivity contribution in [2.45, 2.75) is 31.2 Å². The largest absolute Gasteiger partial charge is 0.477 e. The van der Waals surface area contributed by atoms with Crippen LogP contribution in [-0.4, -0.2) is 60.4 Å². The van der Waals surface area contributed by atoms with Gasteiger partial charge in [-0.2, -0.15) is 4.31 Å². The van der Waals surface area contributed by atoms with Crippen LogP contribution in [0.15, 0.2) is 16.3 Å². The Morgan fingerprint density at radius 3 is 2.29 bits per heavy atom.